The minimum atomic E-state index is -4.24. The van der Waals surface area contributed by atoms with Crippen LogP contribution < -0.4 is 0 Å². The number of alkyl halides is 3. The Hall–Kier alpha value is -0.620. The van der Waals surface area contributed by atoms with Crippen molar-refractivity contribution >= 4 is 15.9 Å². The molecule has 1 aromatic rings. The zero-order chi connectivity index (χ0) is 11.5. The summed E-state index contributed by atoms with van der Waals surface area (Å²) >= 11 is 3.14. The van der Waals surface area contributed by atoms with Gasteiger partial charge in [-0.2, -0.15) is 13.2 Å². The predicted molar refractivity (Wildman–Crippen MR) is 52.2 cm³/mol. The Kier molecular flexibility index (Phi) is 4.10. The Morgan fingerprint density at radius 3 is 2.53 bits per heavy atom. The van der Waals surface area contributed by atoms with E-state index < -0.39 is 18.7 Å². The van der Waals surface area contributed by atoms with Crippen LogP contribution in [0.3, 0.4) is 0 Å². The van der Waals surface area contributed by atoms with Crippen LogP contribution in [-0.4, -0.2) is 16.3 Å². The number of hydrogen-bond acceptors (Lipinski definition) is 2. The number of aromatic nitrogens is 1. The van der Waals surface area contributed by atoms with E-state index in [0.717, 1.165) is 0 Å². The second-order valence-electron chi connectivity index (χ2n) is 3.07. The third kappa shape index (κ3) is 4.61. The van der Waals surface area contributed by atoms with E-state index >= 15 is 0 Å². The average molecular weight is 284 g/mol. The molecule has 0 aromatic carbocycles. The highest BCUT2D eigenvalue weighted by atomic mass is 79.9. The molecule has 1 unspecified atom stereocenters. The summed E-state index contributed by atoms with van der Waals surface area (Å²) in [5.41, 5.74) is 0.252. The fraction of sp³-hybridized carbons (Fsp3) is 0.444. The molecule has 0 fully saturated rings. The van der Waals surface area contributed by atoms with Gasteiger partial charge in [0.2, 0.25) is 0 Å². The number of pyridine rings is 1. The number of halogens is 4. The molecular weight excluding hydrogens is 275 g/mol. The number of rotatable bonds is 3. The molecule has 0 bridgehead atoms. The van der Waals surface area contributed by atoms with Crippen LogP contribution in [0.4, 0.5) is 13.2 Å². The maximum absolute atomic E-state index is 11.9. The number of hydrogen-bond donors (Lipinski definition) is 1. The fourth-order valence-corrected chi connectivity index (χ4v) is 1.27. The molecule has 1 rings (SSSR count). The Morgan fingerprint density at radius 2 is 2.07 bits per heavy atom. The minimum Gasteiger partial charge on any atom is -0.387 e. The molecule has 0 radical (unpaired) electrons. The van der Waals surface area contributed by atoms with Crippen molar-refractivity contribution in [1.82, 2.24) is 4.98 Å². The first-order chi connectivity index (χ1) is 6.88. The molecule has 0 aliphatic rings. The highest BCUT2D eigenvalue weighted by Crippen LogP contribution is 2.26. The zero-order valence-corrected chi connectivity index (χ0v) is 9.22. The van der Waals surface area contributed by atoms with Crippen LogP contribution in [0.1, 0.15) is 24.6 Å². The molecule has 15 heavy (non-hydrogen) atoms. The third-order valence-electron chi connectivity index (χ3n) is 1.79. The van der Waals surface area contributed by atoms with Gasteiger partial charge in [-0.15, -0.1) is 0 Å². The van der Waals surface area contributed by atoms with Gasteiger partial charge in [0.1, 0.15) is 0 Å². The summed E-state index contributed by atoms with van der Waals surface area (Å²) in [5, 5.41) is 9.40. The van der Waals surface area contributed by atoms with Crippen molar-refractivity contribution in [2.75, 3.05) is 0 Å². The highest BCUT2D eigenvalue weighted by Gasteiger charge is 2.28. The SMILES string of the molecule is OC(CCC(F)(F)F)c1ccc(Br)cn1. The molecule has 6 heteroatoms. The minimum absolute atomic E-state index is 0.252. The van der Waals surface area contributed by atoms with Gasteiger partial charge >= 0.3 is 6.18 Å². The Labute approximate surface area is 93.3 Å². The van der Waals surface area contributed by atoms with Gasteiger partial charge in [0.15, 0.2) is 0 Å². The second kappa shape index (κ2) is 4.94. The Balaban J connectivity index is 2.54. The quantitative estimate of drug-likeness (QED) is 0.924. The van der Waals surface area contributed by atoms with Crippen LogP contribution in [0.2, 0.25) is 0 Å². The average Bonchev–Trinajstić information content (AvgIpc) is 2.14. The van der Waals surface area contributed by atoms with E-state index in [1.807, 2.05) is 0 Å². The van der Waals surface area contributed by atoms with Crippen LogP contribution >= 0.6 is 15.9 Å². The number of aliphatic hydroxyl groups is 1. The maximum Gasteiger partial charge on any atom is 0.389 e. The van der Waals surface area contributed by atoms with E-state index in [2.05, 4.69) is 20.9 Å². The van der Waals surface area contributed by atoms with E-state index in [-0.39, 0.29) is 12.1 Å². The van der Waals surface area contributed by atoms with Gasteiger partial charge in [0.25, 0.3) is 0 Å². The normalized spacial score (nSPS) is 13.9. The summed E-state index contributed by atoms with van der Waals surface area (Å²) in [7, 11) is 0. The lowest BCUT2D eigenvalue weighted by atomic mass is 10.1. The molecule has 0 spiro atoms. The van der Waals surface area contributed by atoms with Gasteiger partial charge in [-0.3, -0.25) is 4.98 Å². The lowest BCUT2D eigenvalue weighted by molar-refractivity contribution is -0.140. The summed E-state index contributed by atoms with van der Waals surface area (Å²) in [6.07, 6.45) is -5.34. The first-order valence-electron chi connectivity index (χ1n) is 4.25. The second-order valence-corrected chi connectivity index (χ2v) is 3.99. The van der Waals surface area contributed by atoms with Crippen LogP contribution in [0.25, 0.3) is 0 Å². The summed E-state index contributed by atoms with van der Waals surface area (Å²) in [4.78, 5) is 3.81. The summed E-state index contributed by atoms with van der Waals surface area (Å²) in [6.45, 7) is 0. The topological polar surface area (TPSA) is 33.1 Å². The van der Waals surface area contributed by atoms with E-state index in [1.165, 1.54) is 12.3 Å². The molecule has 1 aromatic heterocycles. The van der Waals surface area contributed by atoms with Crippen molar-refractivity contribution in [3.8, 4) is 0 Å². The predicted octanol–water partition coefficient (Wildman–Crippen LogP) is 3.22. The number of nitrogens with zero attached hydrogens (tertiary/aromatic N) is 1. The van der Waals surface area contributed by atoms with Crippen LogP contribution in [-0.2, 0) is 0 Å². The van der Waals surface area contributed by atoms with Gasteiger partial charge in [0, 0.05) is 17.1 Å². The van der Waals surface area contributed by atoms with Gasteiger partial charge in [-0.1, -0.05) is 0 Å². The van der Waals surface area contributed by atoms with Crippen molar-refractivity contribution < 1.29 is 18.3 Å². The Bertz CT molecular complexity index is 312. The third-order valence-corrected chi connectivity index (χ3v) is 2.26. The van der Waals surface area contributed by atoms with E-state index in [4.69, 9.17) is 0 Å². The molecule has 1 N–H and O–H groups in total. The van der Waals surface area contributed by atoms with Crippen LogP contribution in [0, 0.1) is 0 Å². The molecule has 0 aliphatic carbocycles. The largest absolute Gasteiger partial charge is 0.389 e. The molecule has 0 saturated heterocycles. The molecule has 0 aliphatic heterocycles. The summed E-state index contributed by atoms with van der Waals surface area (Å²) < 4.78 is 36.3. The lowest BCUT2D eigenvalue weighted by Crippen LogP contribution is -2.10. The van der Waals surface area contributed by atoms with Gasteiger partial charge < -0.3 is 5.11 Å². The fourth-order valence-electron chi connectivity index (χ4n) is 1.03. The zero-order valence-electron chi connectivity index (χ0n) is 7.63. The highest BCUT2D eigenvalue weighted by molar-refractivity contribution is 9.10. The van der Waals surface area contributed by atoms with Gasteiger partial charge in [-0.25, -0.2) is 0 Å². The maximum atomic E-state index is 11.9. The van der Waals surface area contributed by atoms with Crippen molar-refractivity contribution in [2.24, 2.45) is 0 Å². The molecule has 1 atom stereocenters. The molecule has 1 heterocycles. The molecule has 2 nitrogen and oxygen atoms in total. The van der Waals surface area contributed by atoms with Crippen molar-refractivity contribution in [3.63, 3.8) is 0 Å². The van der Waals surface area contributed by atoms with E-state index in [1.54, 1.807) is 6.07 Å². The Morgan fingerprint density at radius 1 is 1.40 bits per heavy atom. The van der Waals surface area contributed by atoms with Crippen molar-refractivity contribution in [3.05, 3.63) is 28.5 Å². The smallest absolute Gasteiger partial charge is 0.387 e. The van der Waals surface area contributed by atoms with Crippen molar-refractivity contribution in [2.45, 2.75) is 25.1 Å². The van der Waals surface area contributed by atoms with Gasteiger partial charge in [-0.05, 0) is 34.5 Å². The lowest BCUT2D eigenvalue weighted by Gasteiger charge is -2.11. The standard InChI is InChI=1S/C9H9BrF3NO/c10-6-1-2-7(14-5-6)8(15)3-4-9(11,12)13/h1-2,5,8,15H,3-4H2. The van der Waals surface area contributed by atoms with E-state index in [9.17, 15) is 18.3 Å². The first kappa shape index (κ1) is 12.4. The molecule has 84 valence electrons. The molecule has 0 amide bonds. The van der Waals surface area contributed by atoms with Gasteiger partial charge in [0.05, 0.1) is 11.8 Å². The summed E-state index contributed by atoms with van der Waals surface area (Å²) in [6, 6.07) is 3.12. The monoisotopic (exact) mass is 283 g/mol. The first-order valence-corrected chi connectivity index (χ1v) is 5.04. The van der Waals surface area contributed by atoms with Crippen LogP contribution in [0.15, 0.2) is 22.8 Å². The molecular formula is C9H9BrF3NO. The number of aliphatic hydroxyl groups excluding tert-OH is 1. The van der Waals surface area contributed by atoms with E-state index in [0.29, 0.717) is 4.47 Å². The molecule has 0 saturated carbocycles. The van der Waals surface area contributed by atoms with Crippen LogP contribution in [0.5, 0.6) is 0 Å². The summed E-state index contributed by atoms with van der Waals surface area (Å²) in [5.74, 6) is 0. The van der Waals surface area contributed by atoms with Crippen molar-refractivity contribution in [1.29, 1.82) is 0 Å².